The summed E-state index contributed by atoms with van der Waals surface area (Å²) in [5.41, 5.74) is 8.31. The minimum absolute atomic E-state index is 0.0157. The van der Waals surface area contributed by atoms with E-state index < -0.39 is 6.04 Å². The number of carbonyl (C=O) groups is 1. The minimum Gasteiger partial charge on any atom is -0.321 e. The van der Waals surface area contributed by atoms with E-state index in [0.29, 0.717) is 5.56 Å². The number of hydrogen-bond acceptors (Lipinski definition) is 2. The second-order valence-electron chi connectivity index (χ2n) is 3.54. The predicted molar refractivity (Wildman–Crippen MR) is 61.6 cm³/mol. The largest absolute Gasteiger partial charge is 0.321 e. The zero-order valence-electron chi connectivity index (χ0n) is 8.60. The molecule has 0 aliphatic rings. The highest BCUT2D eigenvalue weighted by molar-refractivity contribution is 9.10. The van der Waals surface area contributed by atoms with Crippen LogP contribution in [0.5, 0.6) is 0 Å². The smallest absolute Gasteiger partial charge is 0.180 e. The molecule has 3 heteroatoms. The lowest BCUT2D eigenvalue weighted by Crippen LogP contribution is -2.27. The van der Waals surface area contributed by atoms with Crippen molar-refractivity contribution in [2.45, 2.75) is 26.8 Å². The minimum atomic E-state index is -0.452. The van der Waals surface area contributed by atoms with Gasteiger partial charge < -0.3 is 5.73 Å². The number of ketones is 1. The third kappa shape index (κ3) is 2.04. The van der Waals surface area contributed by atoms with E-state index in [4.69, 9.17) is 5.73 Å². The normalized spacial score (nSPS) is 12.6. The highest BCUT2D eigenvalue weighted by Gasteiger charge is 2.17. The average molecular weight is 256 g/mol. The highest BCUT2D eigenvalue weighted by atomic mass is 79.9. The third-order valence-electron chi connectivity index (χ3n) is 2.20. The van der Waals surface area contributed by atoms with Crippen LogP contribution in [0.15, 0.2) is 16.6 Å². The molecule has 1 aromatic rings. The maximum Gasteiger partial charge on any atom is 0.180 e. The lowest BCUT2D eigenvalue weighted by Gasteiger charge is -2.11. The number of Topliss-reactive ketones (excluding diaryl/α,β-unsaturated/α-hetero) is 1. The van der Waals surface area contributed by atoms with Crippen molar-refractivity contribution in [3.63, 3.8) is 0 Å². The summed E-state index contributed by atoms with van der Waals surface area (Å²) in [5.74, 6) is -0.0157. The third-order valence-corrected chi connectivity index (χ3v) is 3.23. The van der Waals surface area contributed by atoms with Gasteiger partial charge in [0, 0.05) is 10.0 Å². The standard InChI is InChI=1S/C11H14BrNO/c1-6-4-5-7(2)10(12)9(6)11(14)8(3)13/h4-5,8H,13H2,1-3H3. The Hall–Kier alpha value is -0.670. The molecule has 2 nitrogen and oxygen atoms in total. The van der Waals surface area contributed by atoms with Gasteiger partial charge in [-0.1, -0.05) is 12.1 Å². The molecule has 1 unspecified atom stereocenters. The Morgan fingerprint density at radius 3 is 2.36 bits per heavy atom. The average Bonchev–Trinajstić information content (AvgIpc) is 2.12. The van der Waals surface area contributed by atoms with Crippen LogP contribution in [-0.2, 0) is 0 Å². The Morgan fingerprint density at radius 1 is 1.36 bits per heavy atom. The van der Waals surface area contributed by atoms with Gasteiger partial charge in [0.15, 0.2) is 5.78 Å². The van der Waals surface area contributed by atoms with Crippen LogP contribution in [0.3, 0.4) is 0 Å². The highest BCUT2D eigenvalue weighted by Crippen LogP contribution is 2.25. The Kier molecular flexibility index (Phi) is 3.45. The summed E-state index contributed by atoms with van der Waals surface area (Å²) in [5, 5.41) is 0. The van der Waals surface area contributed by atoms with Gasteiger partial charge in [-0.15, -0.1) is 0 Å². The van der Waals surface area contributed by atoms with Crippen LogP contribution < -0.4 is 5.73 Å². The second kappa shape index (κ2) is 4.24. The topological polar surface area (TPSA) is 43.1 Å². The number of hydrogen-bond donors (Lipinski definition) is 1. The summed E-state index contributed by atoms with van der Waals surface area (Å²) in [6.45, 7) is 5.58. The lowest BCUT2D eigenvalue weighted by molar-refractivity contribution is 0.0966. The van der Waals surface area contributed by atoms with Gasteiger partial charge >= 0.3 is 0 Å². The molecule has 0 aliphatic carbocycles. The summed E-state index contributed by atoms with van der Waals surface area (Å²) in [6.07, 6.45) is 0. The first-order valence-electron chi connectivity index (χ1n) is 4.50. The van der Waals surface area contributed by atoms with Crippen molar-refractivity contribution in [1.29, 1.82) is 0 Å². The zero-order chi connectivity index (χ0) is 10.9. The molecule has 0 bridgehead atoms. The van der Waals surface area contributed by atoms with E-state index in [1.807, 2.05) is 26.0 Å². The fourth-order valence-corrected chi connectivity index (χ4v) is 1.95. The van der Waals surface area contributed by atoms with Crippen LogP contribution in [0, 0.1) is 13.8 Å². The van der Waals surface area contributed by atoms with E-state index in [1.54, 1.807) is 6.92 Å². The van der Waals surface area contributed by atoms with E-state index in [2.05, 4.69) is 15.9 Å². The first-order valence-corrected chi connectivity index (χ1v) is 5.30. The first-order chi connectivity index (χ1) is 6.45. The maximum atomic E-state index is 11.8. The van der Waals surface area contributed by atoms with Gasteiger partial charge in [-0.3, -0.25) is 4.79 Å². The quantitative estimate of drug-likeness (QED) is 0.826. The van der Waals surface area contributed by atoms with Crippen LogP contribution in [0.2, 0.25) is 0 Å². The van der Waals surface area contributed by atoms with E-state index in [1.165, 1.54) is 0 Å². The maximum absolute atomic E-state index is 11.8. The Bertz CT molecular complexity index is 372. The van der Waals surface area contributed by atoms with Gasteiger partial charge in [0.2, 0.25) is 0 Å². The van der Waals surface area contributed by atoms with Gasteiger partial charge in [-0.2, -0.15) is 0 Å². The van der Waals surface area contributed by atoms with Crippen LogP contribution in [0.4, 0.5) is 0 Å². The molecule has 0 heterocycles. The van der Waals surface area contributed by atoms with Crippen LogP contribution in [0.1, 0.15) is 28.4 Å². The molecular formula is C11H14BrNO. The number of rotatable bonds is 2. The van der Waals surface area contributed by atoms with Crippen LogP contribution in [-0.4, -0.2) is 11.8 Å². The van der Waals surface area contributed by atoms with Gasteiger partial charge in [-0.25, -0.2) is 0 Å². The van der Waals surface area contributed by atoms with Crippen molar-refractivity contribution in [2.75, 3.05) is 0 Å². The fourth-order valence-electron chi connectivity index (χ4n) is 1.31. The number of aryl methyl sites for hydroxylation is 2. The zero-order valence-corrected chi connectivity index (χ0v) is 10.2. The second-order valence-corrected chi connectivity index (χ2v) is 4.33. The molecule has 0 aliphatic heterocycles. The molecular weight excluding hydrogens is 242 g/mol. The molecule has 0 saturated heterocycles. The number of nitrogens with two attached hydrogens (primary N) is 1. The van der Waals surface area contributed by atoms with Crippen LogP contribution in [0.25, 0.3) is 0 Å². The van der Waals surface area contributed by atoms with Crippen LogP contribution >= 0.6 is 15.9 Å². The molecule has 1 aromatic carbocycles. The summed E-state index contributed by atoms with van der Waals surface area (Å²) in [4.78, 5) is 11.8. The molecule has 0 fully saturated rings. The fraction of sp³-hybridized carbons (Fsp3) is 0.364. The van der Waals surface area contributed by atoms with E-state index in [0.717, 1.165) is 15.6 Å². The number of halogens is 1. The first kappa shape index (κ1) is 11.4. The Balaban J connectivity index is 3.33. The van der Waals surface area contributed by atoms with Crippen molar-refractivity contribution in [2.24, 2.45) is 5.73 Å². The predicted octanol–water partition coefficient (Wildman–Crippen LogP) is 2.60. The summed E-state index contributed by atoms with van der Waals surface area (Å²) >= 11 is 3.42. The summed E-state index contributed by atoms with van der Waals surface area (Å²) in [6, 6.07) is 3.47. The van der Waals surface area contributed by atoms with E-state index >= 15 is 0 Å². The molecule has 1 atom stereocenters. The molecule has 0 saturated carbocycles. The molecule has 14 heavy (non-hydrogen) atoms. The molecule has 0 amide bonds. The van der Waals surface area contributed by atoms with Gasteiger partial charge in [0.05, 0.1) is 6.04 Å². The SMILES string of the molecule is Cc1ccc(C)c(C(=O)C(C)N)c1Br. The molecule has 2 N–H and O–H groups in total. The van der Waals surface area contributed by atoms with Gasteiger partial charge in [-0.05, 0) is 47.8 Å². The van der Waals surface area contributed by atoms with Crippen molar-refractivity contribution in [3.8, 4) is 0 Å². The van der Waals surface area contributed by atoms with Gasteiger partial charge in [0.1, 0.15) is 0 Å². The Morgan fingerprint density at radius 2 is 1.86 bits per heavy atom. The molecule has 1 rings (SSSR count). The van der Waals surface area contributed by atoms with Crippen molar-refractivity contribution < 1.29 is 4.79 Å². The molecule has 0 radical (unpaired) electrons. The summed E-state index contributed by atoms with van der Waals surface area (Å²) in [7, 11) is 0. The molecule has 0 spiro atoms. The monoisotopic (exact) mass is 255 g/mol. The van der Waals surface area contributed by atoms with Gasteiger partial charge in [0.25, 0.3) is 0 Å². The van der Waals surface area contributed by atoms with Crippen molar-refractivity contribution in [1.82, 2.24) is 0 Å². The number of carbonyl (C=O) groups excluding carboxylic acids is 1. The molecule has 0 aromatic heterocycles. The molecule has 76 valence electrons. The lowest BCUT2D eigenvalue weighted by atomic mass is 9.99. The van der Waals surface area contributed by atoms with Crippen molar-refractivity contribution in [3.05, 3.63) is 33.3 Å². The van der Waals surface area contributed by atoms with E-state index in [9.17, 15) is 4.79 Å². The Labute approximate surface area is 92.6 Å². The van der Waals surface area contributed by atoms with E-state index in [-0.39, 0.29) is 5.78 Å². The summed E-state index contributed by atoms with van der Waals surface area (Å²) < 4.78 is 0.861. The van der Waals surface area contributed by atoms with Crippen molar-refractivity contribution >= 4 is 21.7 Å². The number of benzene rings is 1.